The largest absolute Gasteiger partial charge is 0.450 e. The van der Waals surface area contributed by atoms with Crippen LogP contribution < -0.4 is 5.43 Å². The van der Waals surface area contributed by atoms with Crippen LogP contribution in [0.1, 0.15) is 27.5 Å². The number of hydrogen-bond donors (Lipinski definition) is 1. The smallest absolute Gasteiger partial charge is 0.307 e. The molecule has 6 nitrogen and oxygen atoms in total. The second-order valence-corrected chi connectivity index (χ2v) is 8.24. The minimum atomic E-state index is -0.418. The van der Waals surface area contributed by atoms with Crippen molar-refractivity contribution in [1.82, 2.24) is 15.0 Å². The molecule has 0 bridgehead atoms. The number of amides is 1. The number of furan rings is 1. The normalized spacial score (nSPS) is 11.4. The van der Waals surface area contributed by atoms with Gasteiger partial charge in [0.1, 0.15) is 11.4 Å². The zero-order chi connectivity index (χ0) is 20.5. The summed E-state index contributed by atoms with van der Waals surface area (Å²) in [4.78, 5) is 16.8. The van der Waals surface area contributed by atoms with Gasteiger partial charge < -0.3 is 8.98 Å². The maximum Gasteiger partial charge on any atom is 0.307 e. The SMILES string of the molecule is Cc1cc(/C=N\NC(=O)c2cc3cc(Br)cc(Br)c3o2)c(C)n1-c1ccccn1. The van der Waals surface area contributed by atoms with Crippen molar-refractivity contribution in [3.05, 3.63) is 80.3 Å². The number of carbonyl (C=O) groups excluding carboxylic acids is 1. The van der Waals surface area contributed by atoms with Gasteiger partial charge in [-0.1, -0.05) is 22.0 Å². The summed E-state index contributed by atoms with van der Waals surface area (Å²) in [5, 5.41) is 4.92. The topological polar surface area (TPSA) is 72.4 Å². The summed E-state index contributed by atoms with van der Waals surface area (Å²) in [5.41, 5.74) is 6.04. The number of carbonyl (C=O) groups is 1. The first-order valence-electron chi connectivity index (χ1n) is 8.76. The van der Waals surface area contributed by atoms with Gasteiger partial charge in [0.05, 0.1) is 10.7 Å². The molecular formula is C21H16Br2N4O2. The lowest BCUT2D eigenvalue weighted by molar-refractivity contribution is 0.0929. The molecule has 0 fully saturated rings. The van der Waals surface area contributed by atoms with E-state index < -0.39 is 5.91 Å². The van der Waals surface area contributed by atoms with Gasteiger partial charge in [0.2, 0.25) is 0 Å². The molecule has 1 aromatic carbocycles. The van der Waals surface area contributed by atoms with Crippen LogP contribution in [0.15, 0.2) is 67.1 Å². The molecule has 146 valence electrons. The number of hydrogen-bond acceptors (Lipinski definition) is 4. The van der Waals surface area contributed by atoms with Crippen molar-refractivity contribution >= 4 is 55.0 Å². The highest BCUT2D eigenvalue weighted by Crippen LogP contribution is 2.31. The Hall–Kier alpha value is -2.71. The van der Waals surface area contributed by atoms with Crippen molar-refractivity contribution in [2.45, 2.75) is 13.8 Å². The van der Waals surface area contributed by atoms with Crippen LogP contribution in [0.4, 0.5) is 0 Å². The van der Waals surface area contributed by atoms with Gasteiger partial charge >= 0.3 is 5.91 Å². The highest BCUT2D eigenvalue weighted by atomic mass is 79.9. The number of hydrazone groups is 1. The number of fused-ring (bicyclic) bond motifs is 1. The highest BCUT2D eigenvalue weighted by Gasteiger charge is 2.14. The number of halogens is 2. The highest BCUT2D eigenvalue weighted by molar-refractivity contribution is 9.11. The van der Waals surface area contributed by atoms with Gasteiger partial charge in [-0.05, 0) is 66.2 Å². The number of nitrogens with zero attached hydrogens (tertiary/aromatic N) is 3. The predicted molar refractivity (Wildman–Crippen MR) is 120 cm³/mol. The van der Waals surface area contributed by atoms with Crippen LogP contribution in [0.2, 0.25) is 0 Å². The van der Waals surface area contributed by atoms with Gasteiger partial charge in [0.25, 0.3) is 0 Å². The molecule has 3 heterocycles. The Morgan fingerprint density at radius 2 is 2.03 bits per heavy atom. The number of rotatable bonds is 4. The average molecular weight is 516 g/mol. The van der Waals surface area contributed by atoms with Crippen LogP contribution in [0.3, 0.4) is 0 Å². The van der Waals surface area contributed by atoms with Crippen molar-refractivity contribution in [3.63, 3.8) is 0 Å². The third kappa shape index (κ3) is 3.90. The van der Waals surface area contributed by atoms with Crippen molar-refractivity contribution in [1.29, 1.82) is 0 Å². The second-order valence-electron chi connectivity index (χ2n) is 6.47. The first-order valence-corrected chi connectivity index (χ1v) is 10.3. The van der Waals surface area contributed by atoms with Crippen LogP contribution in [-0.4, -0.2) is 21.7 Å². The Morgan fingerprint density at radius 1 is 1.21 bits per heavy atom. The molecule has 4 rings (SSSR count). The molecular weight excluding hydrogens is 500 g/mol. The molecule has 1 amide bonds. The molecule has 0 aliphatic rings. The van der Waals surface area contributed by atoms with Crippen molar-refractivity contribution in [2.24, 2.45) is 5.10 Å². The summed E-state index contributed by atoms with van der Waals surface area (Å²) in [5.74, 6) is 0.610. The van der Waals surface area contributed by atoms with Crippen LogP contribution >= 0.6 is 31.9 Å². The number of nitrogens with one attached hydrogen (secondary N) is 1. The van der Waals surface area contributed by atoms with Crippen LogP contribution in [0, 0.1) is 13.8 Å². The number of aryl methyl sites for hydroxylation is 1. The quantitative estimate of drug-likeness (QED) is 0.287. The molecule has 0 unspecified atom stereocenters. The summed E-state index contributed by atoms with van der Waals surface area (Å²) in [6.07, 6.45) is 3.38. The molecule has 0 radical (unpaired) electrons. The molecule has 29 heavy (non-hydrogen) atoms. The Balaban J connectivity index is 1.54. The van der Waals surface area contributed by atoms with E-state index in [-0.39, 0.29) is 5.76 Å². The van der Waals surface area contributed by atoms with Gasteiger partial charge in [0, 0.05) is 33.0 Å². The zero-order valence-corrected chi connectivity index (χ0v) is 18.8. The molecule has 0 aliphatic carbocycles. The lowest BCUT2D eigenvalue weighted by atomic mass is 10.2. The fourth-order valence-corrected chi connectivity index (χ4v) is 4.50. The maximum atomic E-state index is 12.4. The number of benzene rings is 1. The van der Waals surface area contributed by atoms with E-state index in [0.29, 0.717) is 5.58 Å². The number of pyridine rings is 1. The van der Waals surface area contributed by atoms with E-state index in [1.54, 1.807) is 18.5 Å². The molecule has 0 saturated heterocycles. The van der Waals surface area contributed by atoms with Crippen LogP contribution in [0.25, 0.3) is 16.8 Å². The van der Waals surface area contributed by atoms with E-state index in [1.165, 1.54) is 0 Å². The monoisotopic (exact) mass is 514 g/mol. The standard InChI is InChI=1S/C21H16Br2N4O2/c1-12-7-15(13(2)27(12)19-5-3-4-6-24-19)11-25-26-21(28)18-9-14-8-16(22)10-17(23)20(14)29-18/h3-11H,1-2H3,(H,26,28)/b25-11-. The Bertz CT molecular complexity index is 1240. The molecule has 0 aliphatic heterocycles. The van der Waals surface area contributed by atoms with E-state index >= 15 is 0 Å². The molecule has 0 saturated carbocycles. The van der Waals surface area contributed by atoms with E-state index in [0.717, 1.165) is 37.1 Å². The van der Waals surface area contributed by atoms with Crippen molar-refractivity contribution < 1.29 is 9.21 Å². The van der Waals surface area contributed by atoms with Gasteiger partial charge in [-0.15, -0.1) is 0 Å². The van der Waals surface area contributed by atoms with Crippen LogP contribution in [0.5, 0.6) is 0 Å². The van der Waals surface area contributed by atoms with Gasteiger partial charge in [-0.2, -0.15) is 5.10 Å². The molecule has 0 atom stereocenters. The van der Waals surface area contributed by atoms with Crippen molar-refractivity contribution in [2.75, 3.05) is 0 Å². The first kappa shape index (κ1) is 19.6. The van der Waals surface area contributed by atoms with Gasteiger partial charge in [-0.3, -0.25) is 4.79 Å². The average Bonchev–Trinajstić information content (AvgIpc) is 3.23. The third-order valence-corrected chi connectivity index (χ3v) is 5.52. The Labute approximate surface area is 183 Å². The lowest BCUT2D eigenvalue weighted by Gasteiger charge is -2.07. The fraction of sp³-hybridized carbons (Fsp3) is 0.0952. The van der Waals surface area contributed by atoms with E-state index in [4.69, 9.17) is 4.42 Å². The minimum absolute atomic E-state index is 0.190. The van der Waals surface area contributed by atoms with E-state index in [1.807, 2.05) is 54.8 Å². The Morgan fingerprint density at radius 3 is 2.79 bits per heavy atom. The number of aromatic nitrogens is 2. The summed E-state index contributed by atoms with van der Waals surface area (Å²) >= 11 is 6.86. The molecule has 1 N–H and O–H groups in total. The third-order valence-electron chi connectivity index (χ3n) is 4.48. The fourth-order valence-electron chi connectivity index (χ4n) is 3.16. The zero-order valence-electron chi connectivity index (χ0n) is 15.6. The minimum Gasteiger partial charge on any atom is -0.450 e. The van der Waals surface area contributed by atoms with Crippen molar-refractivity contribution in [3.8, 4) is 5.82 Å². The lowest BCUT2D eigenvalue weighted by Crippen LogP contribution is -2.16. The van der Waals surface area contributed by atoms with E-state index in [2.05, 4.69) is 47.4 Å². The predicted octanol–water partition coefficient (Wildman–Crippen LogP) is 5.52. The first-order chi connectivity index (χ1) is 13.9. The summed E-state index contributed by atoms with van der Waals surface area (Å²) < 4.78 is 9.36. The maximum absolute atomic E-state index is 12.4. The summed E-state index contributed by atoms with van der Waals surface area (Å²) in [7, 11) is 0. The molecule has 0 spiro atoms. The second kappa shape index (κ2) is 7.96. The van der Waals surface area contributed by atoms with Crippen LogP contribution in [-0.2, 0) is 0 Å². The Kier molecular flexibility index (Phi) is 5.38. The summed E-state index contributed by atoms with van der Waals surface area (Å²) in [6.45, 7) is 3.99. The summed E-state index contributed by atoms with van der Waals surface area (Å²) in [6, 6.07) is 13.2. The van der Waals surface area contributed by atoms with Gasteiger partial charge in [-0.25, -0.2) is 10.4 Å². The molecule has 3 aromatic heterocycles. The van der Waals surface area contributed by atoms with E-state index in [9.17, 15) is 4.79 Å². The molecule has 8 heteroatoms. The van der Waals surface area contributed by atoms with Gasteiger partial charge in [0.15, 0.2) is 5.76 Å². The molecule has 4 aromatic rings.